The number of para-hydroxylation sites is 1. The summed E-state index contributed by atoms with van der Waals surface area (Å²) in [6.07, 6.45) is 0. The molecule has 1 aliphatic heterocycles. The molecule has 2 heterocycles. The SMILES string of the molecule is COc1ccc(N2C(=O)C(Cl)=C(Nc3cccc(C(=O)Nc4c(C)n(C)n(-c5ccccc5)c4=O)c3)C2=O)c(OC)c1. The van der Waals surface area contributed by atoms with Crippen LogP contribution in [0.4, 0.5) is 17.1 Å². The topological polar surface area (TPSA) is 124 Å². The monoisotopic (exact) mass is 587 g/mol. The summed E-state index contributed by atoms with van der Waals surface area (Å²) in [5.74, 6) is -1.27. The van der Waals surface area contributed by atoms with Crippen LogP contribution in [0.2, 0.25) is 0 Å². The minimum atomic E-state index is -0.740. The maximum absolute atomic E-state index is 13.3. The number of hydrogen-bond donors (Lipinski definition) is 2. The molecule has 3 aromatic carbocycles. The van der Waals surface area contributed by atoms with Crippen LogP contribution in [-0.4, -0.2) is 41.3 Å². The van der Waals surface area contributed by atoms with Gasteiger partial charge in [-0.15, -0.1) is 0 Å². The fourth-order valence-corrected chi connectivity index (χ4v) is 4.79. The van der Waals surface area contributed by atoms with E-state index in [2.05, 4.69) is 10.6 Å². The summed E-state index contributed by atoms with van der Waals surface area (Å²) in [6.45, 7) is 1.73. The normalized spacial score (nSPS) is 13.0. The first-order valence-corrected chi connectivity index (χ1v) is 13.1. The average Bonchev–Trinajstić information content (AvgIpc) is 3.35. The second kappa shape index (κ2) is 11.3. The van der Waals surface area contributed by atoms with Gasteiger partial charge >= 0.3 is 0 Å². The maximum Gasteiger partial charge on any atom is 0.295 e. The quantitative estimate of drug-likeness (QED) is 0.296. The average molecular weight is 588 g/mol. The summed E-state index contributed by atoms with van der Waals surface area (Å²) < 4.78 is 13.7. The van der Waals surface area contributed by atoms with Crippen molar-refractivity contribution in [2.24, 2.45) is 7.05 Å². The molecule has 2 N–H and O–H groups in total. The maximum atomic E-state index is 13.3. The zero-order valence-electron chi connectivity index (χ0n) is 23.1. The smallest absolute Gasteiger partial charge is 0.295 e. The van der Waals surface area contributed by atoms with Gasteiger partial charge in [0.05, 0.1) is 31.3 Å². The van der Waals surface area contributed by atoms with E-state index >= 15 is 0 Å². The second-order valence-corrected chi connectivity index (χ2v) is 9.65. The highest BCUT2D eigenvalue weighted by atomic mass is 35.5. The molecule has 0 spiro atoms. The molecule has 5 rings (SSSR count). The van der Waals surface area contributed by atoms with Crippen LogP contribution in [0.5, 0.6) is 11.5 Å². The van der Waals surface area contributed by atoms with Crippen LogP contribution in [0.15, 0.2) is 88.3 Å². The minimum absolute atomic E-state index is 0.135. The van der Waals surface area contributed by atoms with Gasteiger partial charge in [-0.25, -0.2) is 9.58 Å². The standard InChI is InChI=1S/C30H26ClN5O6/c1-17-25(30(40)36(34(17)2)20-11-6-5-7-12-20)33-27(37)18-9-8-10-19(15-18)32-26-24(31)28(38)35(29(26)39)22-14-13-21(41-3)16-23(22)42-4/h5-16,32H,1-4H3,(H,33,37). The van der Waals surface area contributed by atoms with Crippen molar-refractivity contribution >= 4 is 46.4 Å². The third-order valence-corrected chi connectivity index (χ3v) is 7.19. The van der Waals surface area contributed by atoms with Crippen LogP contribution >= 0.6 is 11.6 Å². The number of imide groups is 1. The first kappa shape index (κ1) is 28.2. The molecule has 0 fully saturated rings. The van der Waals surface area contributed by atoms with Gasteiger partial charge in [0.25, 0.3) is 23.3 Å². The molecule has 0 saturated heterocycles. The Balaban J connectivity index is 1.38. The molecule has 1 aromatic heterocycles. The lowest BCUT2D eigenvalue weighted by atomic mass is 10.1. The number of nitrogens with one attached hydrogen (secondary N) is 2. The molecular formula is C30H26ClN5O6. The molecule has 214 valence electrons. The molecule has 12 heteroatoms. The van der Waals surface area contributed by atoms with Crippen LogP contribution in [0.25, 0.3) is 5.69 Å². The van der Waals surface area contributed by atoms with E-state index in [0.29, 0.717) is 22.8 Å². The zero-order valence-corrected chi connectivity index (χ0v) is 23.9. The van der Waals surface area contributed by atoms with Crippen molar-refractivity contribution in [3.63, 3.8) is 0 Å². The third-order valence-electron chi connectivity index (χ3n) is 6.84. The highest BCUT2D eigenvalue weighted by Crippen LogP contribution is 2.37. The Bertz CT molecular complexity index is 1830. The van der Waals surface area contributed by atoms with Crippen molar-refractivity contribution in [1.29, 1.82) is 0 Å². The fraction of sp³-hybridized carbons (Fsp3) is 0.133. The lowest BCUT2D eigenvalue weighted by Crippen LogP contribution is -2.32. The van der Waals surface area contributed by atoms with Gasteiger partial charge in [0, 0.05) is 24.4 Å². The number of carbonyl (C=O) groups is 3. The van der Waals surface area contributed by atoms with Gasteiger partial charge < -0.3 is 20.1 Å². The minimum Gasteiger partial charge on any atom is -0.497 e. The van der Waals surface area contributed by atoms with Gasteiger partial charge in [0.15, 0.2) is 0 Å². The first-order valence-electron chi connectivity index (χ1n) is 12.7. The van der Waals surface area contributed by atoms with Gasteiger partial charge in [-0.1, -0.05) is 35.9 Å². The third kappa shape index (κ3) is 4.90. The van der Waals surface area contributed by atoms with Crippen molar-refractivity contribution in [3.8, 4) is 17.2 Å². The number of amides is 3. The Labute approximate surface area is 245 Å². The number of hydrogen-bond acceptors (Lipinski definition) is 7. The molecule has 3 amide bonds. The van der Waals surface area contributed by atoms with Crippen LogP contribution < -0.4 is 30.6 Å². The van der Waals surface area contributed by atoms with Crippen molar-refractivity contribution in [2.75, 3.05) is 29.8 Å². The van der Waals surface area contributed by atoms with Crippen LogP contribution in [0, 0.1) is 6.92 Å². The summed E-state index contributed by atoms with van der Waals surface area (Å²) in [7, 11) is 4.62. The van der Waals surface area contributed by atoms with Crippen LogP contribution in [-0.2, 0) is 16.6 Å². The number of aromatic nitrogens is 2. The Morgan fingerprint density at radius 3 is 2.31 bits per heavy atom. The van der Waals surface area contributed by atoms with E-state index in [1.807, 2.05) is 18.2 Å². The molecular weight excluding hydrogens is 562 g/mol. The summed E-state index contributed by atoms with van der Waals surface area (Å²) in [5, 5.41) is 5.25. The molecule has 0 bridgehead atoms. The Hall–Kier alpha value is -5.29. The molecule has 0 radical (unpaired) electrons. The summed E-state index contributed by atoms with van der Waals surface area (Å²) >= 11 is 6.31. The number of halogens is 1. The fourth-order valence-electron chi connectivity index (χ4n) is 4.58. The highest BCUT2D eigenvalue weighted by Gasteiger charge is 2.40. The predicted octanol–water partition coefficient (Wildman–Crippen LogP) is 4.19. The van der Waals surface area contributed by atoms with Crippen molar-refractivity contribution in [1.82, 2.24) is 9.36 Å². The van der Waals surface area contributed by atoms with E-state index in [1.165, 1.54) is 31.0 Å². The van der Waals surface area contributed by atoms with Crippen molar-refractivity contribution < 1.29 is 23.9 Å². The van der Waals surface area contributed by atoms with Gasteiger partial charge in [-0.2, -0.15) is 0 Å². The van der Waals surface area contributed by atoms with Crippen LogP contribution in [0.3, 0.4) is 0 Å². The number of ether oxygens (including phenoxy) is 2. The van der Waals surface area contributed by atoms with E-state index in [4.69, 9.17) is 21.1 Å². The number of rotatable bonds is 8. The Morgan fingerprint density at radius 1 is 0.881 bits per heavy atom. The van der Waals surface area contributed by atoms with Gasteiger partial charge in [-0.3, -0.25) is 23.9 Å². The lowest BCUT2D eigenvalue weighted by molar-refractivity contribution is -0.120. The lowest BCUT2D eigenvalue weighted by Gasteiger charge is -2.18. The molecule has 0 aliphatic carbocycles. The van der Waals surface area contributed by atoms with E-state index in [-0.39, 0.29) is 39.0 Å². The molecule has 11 nitrogen and oxygen atoms in total. The summed E-state index contributed by atoms with van der Waals surface area (Å²) in [4.78, 5) is 53.7. The van der Waals surface area contributed by atoms with E-state index < -0.39 is 17.7 Å². The number of nitrogens with zero attached hydrogens (tertiary/aromatic N) is 3. The zero-order chi connectivity index (χ0) is 30.1. The predicted molar refractivity (Wildman–Crippen MR) is 159 cm³/mol. The van der Waals surface area contributed by atoms with Crippen LogP contribution in [0.1, 0.15) is 16.1 Å². The largest absolute Gasteiger partial charge is 0.497 e. The molecule has 1 aliphatic rings. The second-order valence-electron chi connectivity index (χ2n) is 9.27. The summed E-state index contributed by atoms with van der Waals surface area (Å²) in [6, 6.07) is 20.0. The molecule has 0 unspecified atom stereocenters. The summed E-state index contributed by atoms with van der Waals surface area (Å²) in [5.41, 5.74) is 1.52. The highest BCUT2D eigenvalue weighted by molar-refractivity contribution is 6.53. The van der Waals surface area contributed by atoms with Gasteiger partial charge in [0.1, 0.15) is 27.9 Å². The molecule has 42 heavy (non-hydrogen) atoms. The number of carbonyl (C=O) groups excluding carboxylic acids is 3. The van der Waals surface area contributed by atoms with Crippen molar-refractivity contribution in [2.45, 2.75) is 6.92 Å². The van der Waals surface area contributed by atoms with Gasteiger partial charge in [0.2, 0.25) is 0 Å². The number of benzene rings is 3. The molecule has 0 saturated carbocycles. The van der Waals surface area contributed by atoms with Gasteiger partial charge in [-0.05, 0) is 49.4 Å². The Kier molecular flexibility index (Phi) is 7.60. The Morgan fingerprint density at radius 2 is 1.62 bits per heavy atom. The van der Waals surface area contributed by atoms with Crippen molar-refractivity contribution in [3.05, 3.63) is 105 Å². The first-order chi connectivity index (χ1) is 20.2. The van der Waals surface area contributed by atoms with E-state index in [0.717, 1.165) is 4.90 Å². The number of methoxy groups -OCH3 is 2. The number of anilines is 3. The molecule has 4 aromatic rings. The molecule has 0 atom stereocenters. The van der Waals surface area contributed by atoms with E-state index in [1.54, 1.807) is 61.1 Å². The van der Waals surface area contributed by atoms with E-state index in [9.17, 15) is 19.2 Å².